The first-order chi connectivity index (χ1) is 17.6. The highest BCUT2D eigenvalue weighted by Crippen LogP contribution is 2.32. The van der Waals surface area contributed by atoms with Gasteiger partial charge in [-0.1, -0.05) is 78.1 Å². The molecule has 0 saturated carbocycles. The monoisotopic (exact) mass is 508 g/mol. The fourth-order valence-corrected chi connectivity index (χ4v) is 5.94. The molecular formula is C28H20N4O2S2. The lowest BCUT2D eigenvalue weighted by molar-refractivity contribution is -0.118. The van der Waals surface area contributed by atoms with Gasteiger partial charge in [-0.3, -0.25) is 14.2 Å². The number of hydrogen-bond donors (Lipinski definition) is 1. The van der Waals surface area contributed by atoms with Crippen LogP contribution in [0.4, 0.5) is 5.13 Å². The molecule has 6 nitrogen and oxygen atoms in total. The molecule has 0 saturated heterocycles. The molecule has 6 rings (SSSR count). The third kappa shape index (κ3) is 4.00. The summed E-state index contributed by atoms with van der Waals surface area (Å²) in [6.45, 7) is 1.69. The van der Waals surface area contributed by atoms with Crippen LogP contribution < -0.4 is 10.9 Å². The zero-order chi connectivity index (χ0) is 24.6. The number of amides is 1. The van der Waals surface area contributed by atoms with Crippen molar-refractivity contribution in [1.29, 1.82) is 0 Å². The van der Waals surface area contributed by atoms with Crippen molar-refractivity contribution in [1.82, 2.24) is 14.5 Å². The van der Waals surface area contributed by atoms with Gasteiger partial charge in [0.2, 0.25) is 5.91 Å². The maximum Gasteiger partial charge on any atom is 0.263 e. The van der Waals surface area contributed by atoms with Crippen LogP contribution >= 0.6 is 22.7 Å². The molecular weight excluding hydrogens is 488 g/mol. The van der Waals surface area contributed by atoms with E-state index in [1.807, 2.05) is 60.0 Å². The van der Waals surface area contributed by atoms with Gasteiger partial charge in [-0.15, -0.1) is 11.3 Å². The van der Waals surface area contributed by atoms with Gasteiger partial charge in [-0.05, 0) is 35.7 Å². The quantitative estimate of drug-likeness (QED) is 0.285. The number of para-hydroxylation sites is 1. The molecule has 176 valence electrons. The van der Waals surface area contributed by atoms with Crippen LogP contribution in [0.5, 0.6) is 0 Å². The topological polar surface area (TPSA) is 76.9 Å². The van der Waals surface area contributed by atoms with Crippen LogP contribution in [0, 0.1) is 0 Å². The van der Waals surface area contributed by atoms with Crippen LogP contribution in [0.3, 0.4) is 0 Å². The molecule has 1 N–H and O–H groups in total. The molecule has 6 aromatic rings. The van der Waals surface area contributed by atoms with E-state index >= 15 is 0 Å². The van der Waals surface area contributed by atoms with E-state index in [-0.39, 0.29) is 11.5 Å². The van der Waals surface area contributed by atoms with Crippen molar-refractivity contribution < 1.29 is 4.79 Å². The molecule has 3 aromatic heterocycles. The zero-order valence-electron chi connectivity index (χ0n) is 19.2. The predicted molar refractivity (Wildman–Crippen MR) is 148 cm³/mol. The lowest BCUT2D eigenvalue weighted by Crippen LogP contribution is -2.31. The molecule has 36 heavy (non-hydrogen) atoms. The number of rotatable bonds is 5. The number of carbonyl (C=O) groups excluding carboxylic acids is 1. The largest absolute Gasteiger partial charge is 0.300 e. The van der Waals surface area contributed by atoms with Crippen LogP contribution in [0.1, 0.15) is 13.0 Å². The number of nitrogens with one attached hydrogen (secondary N) is 1. The van der Waals surface area contributed by atoms with Crippen molar-refractivity contribution in [3.8, 4) is 22.3 Å². The second kappa shape index (κ2) is 9.14. The number of nitrogens with zero attached hydrogens (tertiary/aromatic N) is 3. The van der Waals surface area contributed by atoms with Crippen LogP contribution in [0.25, 0.3) is 42.7 Å². The molecule has 3 heterocycles. The van der Waals surface area contributed by atoms with E-state index in [9.17, 15) is 9.59 Å². The molecule has 0 aliphatic rings. The first-order valence-electron chi connectivity index (χ1n) is 11.4. The first kappa shape index (κ1) is 22.3. The standard InChI is InChI=1S/C28H20N4O2S2/c1-17(25(33)31-28-30-22-9-5-6-10-23(22)36-28)32-16-29-26-24(27(32)34)21(15-35-26)20-13-11-19(12-14-20)18-7-3-2-4-8-18/h2-17H,1H3,(H,30,31,33). The predicted octanol–water partition coefficient (Wildman–Crippen LogP) is 6.60. The van der Waals surface area contributed by atoms with Crippen LogP contribution in [0.15, 0.2) is 95.4 Å². The van der Waals surface area contributed by atoms with Crippen molar-refractivity contribution in [2.75, 3.05) is 5.32 Å². The van der Waals surface area contributed by atoms with E-state index in [0.717, 1.165) is 32.5 Å². The Morgan fingerprint density at radius 1 is 0.917 bits per heavy atom. The highest BCUT2D eigenvalue weighted by molar-refractivity contribution is 7.22. The van der Waals surface area contributed by atoms with Crippen LogP contribution in [-0.2, 0) is 4.79 Å². The highest BCUT2D eigenvalue weighted by Gasteiger charge is 2.21. The molecule has 0 fully saturated rings. The van der Waals surface area contributed by atoms with E-state index in [2.05, 4.69) is 39.6 Å². The lowest BCUT2D eigenvalue weighted by Gasteiger charge is -2.14. The highest BCUT2D eigenvalue weighted by atomic mass is 32.1. The number of hydrogen-bond acceptors (Lipinski definition) is 6. The number of fused-ring (bicyclic) bond motifs is 2. The number of thiazole rings is 1. The number of thiophene rings is 1. The summed E-state index contributed by atoms with van der Waals surface area (Å²) in [6.07, 6.45) is 1.45. The summed E-state index contributed by atoms with van der Waals surface area (Å²) in [5.41, 5.74) is 4.58. The third-order valence-electron chi connectivity index (χ3n) is 6.14. The zero-order valence-corrected chi connectivity index (χ0v) is 20.8. The van der Waals surface area contributed by atoms with Gasteiger partial charge in [0, 0.05) is 10.9 Å². The van der Waals surface area contributed by atoms with Gasteiger partial charge in [0.15, 0.2) is 5.13 Å². The minimum absolute atomic E-state index is 0.240. The van der Waals surface area contributed by atoms with Gasteiger partial charge in [0.25, 0.3) is 5.56 Å². The van der Waals surface area contributed by atoms with Gasteiger partial charge in [0.1, 0.15) is 10.9 Å². The number of carbonyl (C=O) groups is 1. The molecule has 0 bridgehead atoms. The van der Waals surface area contributed by atoms with Gasteiger partial charge in [0.05, 0.1) is 21.9 Å². The molecule has 3 aromatic carbocycles. The van der Waals surface area contributed by atoms with Gasteiger partial charge < -0.3 is 5.32 Å². The van der Waals surface area contributed by atoms with Crippen molar-refractivity contribution >= 4 is 54.1 Å². The Labute approximate surface area is 214 Å². The normalized spacial score (nSPS) is 12.1. The molecule has 1 amide bonds. The smallest absolute Gasteiger partial charge is 0.263 e. The Balaban J connectivity index is 1.31. The Hall–Kier alpha value is -4.14. The summed E-state index contributed by atoms with van der Waals surface area (Å²) in [5.74, 6) is -0.318. The summed E-state index contributed by atoms with van der Waals surface area (Å²) >= 11 is 2.83. The summed E-state index contributed by atoms with van der Waals surface area (Å²) in [4.78, 5) is 36.2. The Morgan fingerprint density at radius 3 is 2.39 bits per heavy atom. The Morgan fingerprint density at radius 2 is 1.61 bits per heavy atom. The summed E-state index contributed by atoms with van der Waals surface area (Å²) in [6, 6.07) is 25.2. The average molecular weight is 509 g/mol. The molecule has 0 spiro atoms. The van der Waals surface area contributed by atoms with E-state index in [1.165, 1.54) is 33.6 Å². The van der Waals surface area contributed by atoms with E-state index < -0.39 is 6.04 Å². The number of benzene rings is 3. The second-order valence-electron chi connectivity index (χ2n) is 8.38. The Kier molecular flexibility index (Phi) is 5.67. The number of aromatic nitrogens is 3. The minimum atomic E-state index is -0.755. The second-order valence-corrected chi connectivity index (χ2v) is 10.3. The van der Waals surface area contributed by atoms with Crippen molar-refractivity contribution in [2.45, 2.75) is 13.0 Å². The fourth-order valence-electron chi connectivity index (χ4n) is 4.17. The van der Waals surface area contributed by atoms with Crippen molar-refractivity contribution in [3.63, 3.8) is 0 Å². The van der Waals surface area contributed by atoms with Crippen molar-refractivity contribution in [3.05, 3.63) is 101 Å². The van der Waals surface area contributed by atoms with E-state index in [1.54, 1.807) is 6.92 Å². The maximum atomic E-state index is 13.5. The fraction of sp³-hybridized carbons (Fsp3) is 0.0714. The van der Waals surface area contributed by atoms with E-state index in [4.69, 9.17) is 0 Å². The van der Waals surface area contributed by atoms with E-state index in [0.29, 0.717) is 15.3 Å². The molecule has 8 heteroatoms. The lowest BCUT2D eigenvalue weighted by atomic mass is 10.0. The molecule has 1 unspecified atom stereocenters. The average Bonchev–Trinajstić information content (AvgIpc) is 3.53. The SMILES string of the molecule is CC(C(=O)Nc1nc2ccccc2s1)n1cnc2scc(-c3ccc(-c4ccccc4)cc3)c2c1=O. The molecule has 0 radical (unpaired) electrons. The van der Waals surface area contributed by atoms with Crippen LogP contribution in [0.2, 0.25) is 0 Å². The molecule has 1 atom stereocenters. The van der Waals surface area contributed by atoms with Gasteiger partial charge in [-0.25, -0.2) is 9.97 Å². The maximum absolute atomic E-state index is 13.5. The van der Waals surface area contributed by atoms with Gasteiger partial charge in [-0.2, -0.15) is 0 Å². The van der Waals surface area contributed by atoms with Gasteiger partial charge >= 0.3 is 0 Å². The summed E-state index contributed by atoms with van der Waals surface area (Å²) < 4.78 is 2.38. The summed E-state index contributed by atoms with van der Waals surface area (Å²) in [5, 5.41) is 5.83. The van der Waals surface area contributed by atoms with Crippen LogP contribution in [-0.4, -0.2) is 20.4 Å². The number of anilines is 1. The molecule has 0 aliphatic carbocycles. The minimum Gasteiger partial charge on any atom is -0.300 e. The third-order valence-corrected chi connectivity index (χ3v) is 7.98. The Bertz CT molecular complexity index is 1740. The summed E-state index contributed by atoms with van der Waals surface area (Å²) in [7, 11) is 0. The van der Waals surface area contributed by atoms with Crippen molar-refractivity contribution in [2.24, 2.45) is 0 Å². The first-order valence-corrected chi connectivity index (χ1v) is 13.1. The molecule has 0 aliphatic heterocycles.